The van der Waals surface area contributed by atoms with Gasteiger partial charge in [-0.25, -0.2) is 4.98 Å². The van der Waals surface area contributed by atoms with Crippen LogP contribution in [0.1, 0.15) is 49.2 Å². The monoisotopic (exact) mass is 305 g/mol. The van der Waals surface area contributed by atoms with Crippen LogP contribution < -0.4 is 0 Å². The predicted molar refractivity (Wildman–Crippen MR) is 86.3 cm³/mol. The third-order valence-corrected chi connectivity index (χ3v) is 4.65. The molecule has 0 radical (unpaired) electrons. The van der Waals surface area contributed by atoms with Crippen LogP contribution in [0.3, 0.4) is 0 Å². The zero-order valence-electron chi connectivity index (χ0n) is 13.1. The Bertz CT molecular complexity index is 543. The van der Waals surface area contributed by atoms with Crippen LogP contribution in [0.15, 0.2) is 29.9 Å². The molecule has 5 heteroatoms. The van der Waals surface area contributed by atoms with Crippen molar-refractivity contribution in [3.8, 4) is 0 Å². The van der Waals surface area contributed by atoms with E-state index >= 15 is 0 Å². The molecule has 0 saturated heterocycles. The van der Waals surface area contributed by atoms with Crippen LogP contribution in [0, 0.1) is 0 Å². The molecule has 0 aliphatic carbocycles. The third-order valence-electron chi connectivity index (χ3n) is 3.60. The minimum Gasteiger partial charge on any atom is -0.372 e. The minimum absolute atomic E-state index is 0.0803. The summed E-state index contributed by atoms with van der Waals surface area (Å²) in [7, 11) is 2.12. The second-order valence-corrected chi connectivity index (χ2v) is 6.04. The molecular formula is C16H23N3OS. The molecule has 0 spiro atoms. The van der Waals surface area contributed by atoms with E-state index in [2.05, 4.69) is 53.3 Å². The summed E-state index contributed by atoms with van der Waals surface area (Å²) in [4.78, 5) is 11.0. The Kier molecular flexibility index (Phi) is 5.85. The lowest BCUT2D eigenvalue weighted by Gasteiger charge is -2.24. The van der Waals surface area contributed by atoms with Crippen molar-refractivity contribution in [1.29, 1.82) is 0 Å². The van der Waals surface area contributed by atoms with Crippen molar-refractivity contribution >= 4 is 11.3 Å². The highest BCUT2D eigenvalue weighted by Gasteiger charge is 2.15. The van der Waals surface area contributed by atoms with Crippen molar-refractivity contribution in [2.75, 3.05) is 13.7 Å². The molecule has 2 atom stereocenters. The average molecular weight is 305 g/mol. The lowest BCUT2D eigenvalue weighted by molar-refractivity contribution is 0.0760. The Morgan fingerprint density at radius 3 is 2.67 bits per heavy atom. The van der Waals surface area contributed by atoms with E-state index in [0.29, 0.717) is 6.04 Å². The van der Waals surface area contributed by atoms with Gasteiger partial charge in [-0.05, 0) is 45.5 Å². The van der Waals surface area contributed by atoms with Gasteiger partial charge >= 0.3 is 0 Å². The summed E-state index contributed by atoms with van der Waals surface area (Å²) in [6.45, 7) is 7.81. The summed E-state index contributed by atoms with van der Waals surface area (Å²) in [5.74, 6) is 0. The number of nitrogens with zero attached hydrogens (tertiary/aromatic N) is 3. The maximum atomic E-state index is 5.59. The van der Waals surface area contributed by atoms with E-state index in [4.69, 9.17) is 4.74 Å². The third kappa shape index (κ3) is 4.33. The first-order valence-electron chi connectivity index (χ1n) is 7.27. The van der Waals surface area contributed by atoms with Gasteiger partial charge in [-0.1, -0.05) is 0 Å². The Labute approximate surface area is 130 Å². The van der Waals surface area contributed by atoms with Crippen LogP contribution in [0.2, 0.25) is 0 Å². The van der Waals surface area contributed by atoms with Crippen LogP contribution in [0.25, 0.3) is 0 Å². The van der Waals surface area contributed by atoms with Crippen LogP contribution >= 0.6 is 11.3 Å². The second kappa shape index (κ2) is 7.64. The first kappa shape index (κ1) is 16.1. The fourth-order valence-corrected chi connectivity index (χ4v) is 3.01. The first-order chi connectivity index (χ1) is 10.1. The number of thiazole rings is 1. The topological polar surface area (TPSA) is 38.2 Å². The molecule has 114 valence electrons. The lowest BCUT2D eigenvalue weighted by atomic mass is 10.1. The number of rotatable bonds is 7. The van der Waals surface area contributed by atoms with Crippen molar-refractivity contribution in [2.24, 2.45) is 0 Å². The van der Waals surface area contributed by atoms with Crippen LogP contribution in [-0.2, 0) is 11.3 Å². The molecule has 0 N–H and O–H groups in total. The number of hydrogen-bond acceptors (Lipinski definition) is 5. The predicted octanol–water partition coefficient (Wildman–Crippen LogP) is 3.83. The van der Waals surface area contributed by atoms with Crippen LogP contribution in [0.5, 0.6) is 0 Å². The fourth-order valence-electron chi connectivity index (χ4n) is 2.19. The maximum absolute atomic E-state index is 5.59. The van der Waals surface area contributed by atoms with Crippen molar-refractivity contribution in [2.45, 2.75) is 39.5 Å². The molecule has 2 aromatic heterocycles. The molecule has 2 aromatic rings. The molecule has 0 fully saturated rings. The molecule has 0 aliphatic heterocycles. The largest absolute Gasteiger partial charge is 0.372 e. The van der Waals surface area contributed by atoms with Crippen molar-refractivity contribution in [1.82, 2.24) is 14.9 Å². The van der Waals surface area contributed by atoms with E-state index < -0.39 is 0 Å². The Morgan fingerprint density at radius 2 is 2.00 bits per heavy atom. The highest BCUT2D eigenvalue weighted by Crippen LogP contribution is 2.24. The Balaban J connectivity index is 1.98. The van der Waals surface area contributed by atoms with Gasteiger partial charge in [0.05, 0.1) is 5.69 Å². The van der Waals surface area contributed by atoms with Gasteiger partial charge in [0.1, 0.15) is 11.1 Å². The molecule has 21 heavy (non-hydrogen) atoms. The van der Waals surface area contributed by atoms with Crippen LogP contribution in [0.4, 0.5) is 0 Å². The van der Waals surface area contributed by atoms with Gasteiger partial charge in [-0.3, -0.25) is 9.88 Å². The van der Waals surface area contributed by atoms with Gasteiger partial charge in [0, 0.05) is 37.0 Å². The molecule has 0 unspecified atom stereocenters. The molecule has 0 saturated carbocycles. The van der Waals surface area contributed by atoms with E-state index in [1.165, 1.54) is 5.56 Å². The quantitative estimate of drug-likeness (QED) is 0.779. The molecule has 4 nitrogen and oxygen atoms in total. The SMILES string of the molecule is CCO[C@H](C)c1nc(CN(C)[C@@H](C)c2ccncc2)cs1. The zero-order valence-corrected chi connectivity index (χ0v) is 13.9. The van der Waals surface area contributed by atoms with Gasteiger partial charge in [-0.15, -0.1) is 11.3 Å². The zero-order chi connectivity index (χ0) is 15.2. The van der Waals surface area contributed by atoms with Crippen molar-refractivity contribution in [3.63, 3.8) is 0 Å². The molecule has 0 aliphatic rings. The van der Waals surface area contributed by atoms with Gasteiger partial charge in [-0.2, -0.15) is 0 Å². The molecule has 2 heterocycles. The van der Waals surface area contributed by atoms with E-state index in [1.807, 2.05) is 19.3 Å². The van der Waals surface area contributed by atoms with E-state index in [1.54, 1.807) is 11.3 Å². The summed E-state index contributed by atoms with van der Waals surface area (Å²) in [5.41, 5.74) is 2.37. The summed E-state index contributed by atoms with van der Waals surface area (Å²) < 4.78 is 5.59. The Hall–Kier alpha value is -1.30. The smallest absolute Gasteiger partial charge is 0.122 e. The molecule has 0 aromatic carbocycles. The van der Waals surface area contributed by atoms with Gasteiger partial charge in [0.15, 0.2) is 0 Å². The van der Waals surface area contributed by atoms with Crippen LogP contribution in [-0.4, -0.2) is 28.5 Å². The molecular weight excluding hydrogens is 282 g/mol. The standard InChI is InChI=1S/C16H23N3OS/c1-5-20-13(3)16-18-15(11-21-16)10-19(4)12(2)14-6-8-17-9-7-14/h6-9,11-13H,5,10H2,1-4H3/t12-,13+/m0/s1. The summed E-state index contributed by atoms with van der Waals surface area (Å²) in [5, 5.41) is 3.18. The highest BCUT2D eigenvalue weighted by atomic mass is 32.1. The Morgan fingerprint density at radius 1 is 1.29 bits per heavy atom. The molecule has 0 amide bonds. The normalized spacial score (nSPS) is 14.3. The van der Waals surface area contributed by atoms with Crippen molar-refractivity contribution in [3.05, 3.63) is 46.2 Å². The van der Waals surface area contributed by atoms with Crippen molar-refractivity contribution < 1.29 is 4.74 Å². The minimum atomic E-state index is 0.0803. The average Bonchev–Trinajstić information content (AvgIpc) is 2.96. The number of aromatic nitrogens is 2. The van der Waals surface area contributed by atoms with E-state index in [-0.39, 0.29) is 6.10 Å². The fraction of sp³-hybridized carbons (Fsp3) is 0.500. The van der Waals surface area contributed by atoms with E-state index in [0.717, 1.165) is 23.9 Å². The van der Waals surface area contributed by atoms with Gasteiger partial charge in [0.2, 0.25) is 0 Å². The second-order valence-electron chi connectivity index (χ2n) is 5.15. The number of ether oxygens (including phenoxy) is 1. The van der Waals surface area contributed by atoms with Gasteiger partial charge in [0.25, 0.3) is 0 Å². The maximum Gasteiger partial charge on any atom is 0.122 e. The first-order valence-corrected chi connectivity index (χ1v) is 8.15. The summed E-state index contributed by atoms with van der Waals surface area (Å²) in [6, 6.07) is 4.46. The highest BCUT2D eigenvalue weighted by molar-refractivity contribution is 7.09. The summed E-state index contributed by atoms with van der Waals surface area (Å²) in [6.07, 6.45) is 3.76. The number of pyridine rings is 1. The van der Waals surface area contributed by atoms with Gasteiger partial charge < -0.3 is 4.74 Å². The summed E-state index contributed by atoms with van der Waals surface area (Å²) >= 11 is 1.67. The lowest BCUT2D eigenvalue weighted by Crippen LogP contribution is -2.22. The molecule has 0 bridgehead atoms. The van der Waals surface area contributed by atoms with E-state index in [9.17, 15) is 0 Å². The molecule has 2 rings (SSSR count). The number of hydrogen-bond donors (Lipinski definition) is 0.